The molecule has 2 aliphatic heterocycles. The molecule has 0 saturated carbocycles. The number of nitrogens with one attached hydrogen (secondary N) is 1. The molecule has 2 heterocycles. The van der Waals surface area contributed by atoms with Gasteiger partial charge in [-0.1, -0.05) is 24.3 Å². The number of likely N-dealkylation sites (N-methyl/N-ethyl adjacent to an activating group) is 1. The average molecular weight is 423 g/mol. The van der Waals surface area contributed by atoms with Gasteiger partial charge in [0.1, 0.15) is 0 Å². The van der Waals surface area contributed by atoms with E-state index in [1.54, 1.807) is 19.0 Å². The summed E-state index contributed by atoms with van der Waals surface area (Å²) < 4.78 is 27.1. The predicted molar refractivity (Wildman–Crippen MR) is 111 cm³/mol. The molecule has 1 aromatic carbocycles. The first-order valence-electron chi connectivity index (χ1n) is 9.96. The van der Waals surface area contributed by atoms with Gasteiger partial charge in [0, 0.05) is 40.3 Å². The molecule has 8 nitrogen and oxygen atoms in total. The number of carbonyl (C=O) groups is 2. The number of nitrogens with zero attached hydrogens (tertiary/aromatic N) is 3. The van der Waals surface area contributed by atoms with Crippen molar-refractivity contribution in [3.63, 3.8) is 0 Å². The number of carbonyl (C=O) groups excluding carboxylic acids is 2. The normalized spacial score (nSPS) is 23.9. The maximum Gasteiger partial charge on any atom is 0.317 e. The number of sulfonamides is 1. The Morgan fingerprint density at radius 3 is 2.55 bits per heavy atom. The Balaban J connectivity index is 1.58. The molecule has 29 heavy (non-hydrogen) atoms. The lowest BCUT2D eigenvalue weighted by molar-refractivity contribution is -0.128. The van der Waals surface area contributed by atoms with Gasteiger partial charge in [0.2, 0.25) is 15.9 Å². The van der Waals surface area contributed by atoms with Gasteiger partial charge in [0.05, 0.1) is 11.8 Å². The Hall–Kier alpha value is -2.13. The van der Waals surface area contributed by atoms with Crippen LogP contribution in [0.4, 0.5) is 4.79 Å². The van der Waals surface area contributed by atoms with Crippen LogP contribution in [-0.4, -0.2) is 80.0 Å². The minimum absolute atomic E-state index is 0.0517. The summed E-state index contributed by atoms with van der Waals surface area (Å²) in [6, 6.07) is 7.74. The lowest BCUT2D eigenvalue weighted by Gasteiger charge is -2.23. The van der Waals surface area contributed by atoms with Crippen molar-refractivity contribution in [1.82, 2.24) is 19.4 Å². The molecule has 160 valence electrons. The summed E-state index contributed by atoms with van der Waals surface area (Å²) in [5.74, 6) is -0.272. The second-order valence-corrected chi connectivity index (χ2v) is 10.2. The number of hydrogen-bond acceptors (Lipinski definition) is 4. The predicted octanol–water partition coefficient (Wildman–Crippen LogP) is 1.02. The van der Waals surface area contributed by atoms with E-state index < -0.39 is 15.3 Å². The molecule has 0 unspecified atom stereocenters. The number of fused-ring (bicyclic) bond motifs is 1. The molecule has 2 atom stereocenters. The van der Waals surface area contributed by atoms with E-state index in [-0.39, 0.29) is 24.4 Å². The number of urea groups is 1. The first-order valence-corrected chi connectivity index (χ1v) is 11.5. The van der Waals surface area contributed by atoms with E-state index in [1.165, 1.54) is 9.21 Å². The summed E-state index contributed by atoms with van der Waals surface area (Å²) in [7, 11) is -0.279. The third-order valence-electron chi connectivity index (χ3n) is 5.95. The number of likely N-dealkylation sites (tertiary alicyclic amines) is 1. The third-order valence-corrected chi connectivity index (χ3v) is 8.33. The number of aryl methyl sites for hydroxylation is 1. The summed E-state index contributed by atoms with van der Waals surface area (Å²) in [6.45, 7) is 3.62. The van der Waals surface area contributed by atoms with E-state index in [1.807, 2.05) is 31.2 Å². The Bertz CT molecular complexity index is 871. The zero-order chi connectivity index (χ0) is 21.2. The fraction of sp³-hybridized carbons (Fsp3) is 0.600. The van der Waals surface area contributed by atoms with Crippen molar-refractivity contribution in [2.24, 2.45) is 5.92 Å². The SMILES string of the molecule is Cc1ccccc1CNC(=O)N1CC[C@H]2CN(CC(=O)N(C)C)S(=O)(=O)[C@@H]2CC1. The summed E-state index contributed by atoms with van der Waals surface area (Å²) in [5.41, 5.74) is 2.19. The van der Waals surface area contributed by atoms with Crippen molar-refractivity contribution in [3.8, 4) is 0 Å². The minimum atomic E-state index is -3.52. The van der Waals surface area contributed by atoms with E-state index in [2.05, 4.69) is 5.32 Å². The molecule has 3 amide bonds. The summed E-state index contributed by atoms with van der Waals surface area (Å²) in [5, 5.41) is 2.43. The van der Waals surface area contributed by atoms with Crippen molar-refractivity contribution in [3.05, 3.63) is 35.4 Å². The van der Waals surface area contributed by atoms with Gasteiger partial charge in [-0.15, -0.1) is 0 Å². The van der Waals surface area contributed by atoms with E-state index in [9.17, 15) is 18.0 Å². The molecule has 0 aromatic heterocycles. The highest BCUT2D eigenvalue weighted by atomic mass is 32.2. The number of benzene rings is 1. The van der Waals surface area contributed by atoms with Crippen LogP contribution in [0.1, 0.15) is 24.0 Å². The van der Waals surface area contributed by atoms with Crippen LogP contribution in [0, 0.1) is 12.8 Å². The first-order chi connectivity index (χ1) is 13.7. The van der Waals surface area contributed by atoms with Gasteiger partial charge in [0.25, 0.3) is 0 Å². The molecule has 9 heteroatoms. The van der Waals surface area contributed by atoms with Crippen molar-refractivity contribution in [2.45, 2.75) is 31.6 Å². The molecule has 2 aliphatic rings. The zero-order valence-electron chi connectivity index (χ0n) is 17.3. The zero-order valence-corrected chi connectivity index (χ0v) is 18.1. The van der Waals surface area contributed by atoms with Crippen LogP contribution >= 0.6 is 0 Å². The van der Waals surface area contributed by atoms with E-state index >= 15 is 0 Å². The van der Waals surface area contributed by atoms with Crippen molar-refractivity contribution in [2.75, 3.05) is 40.3 Å². The average Bonchev–Trinajstić information content (AvgIpc) is 2.81. The van der Waals surface area contributed by atoms with Gasteiger partial charge < -0.3 is 15.1 Å². The minimum Gasteiger partial charge on any atom is -0.348 e. The smallest absolute Gasteiger partial charge is 0.317 e. The Morgan fingerprint density at radius 1 is 1.17 bits per heavy atom. The molecular weight excluding hydrogens is 392 g/mol. The fourth-order valence-electron chi connectivity index (χ4n) is 4.04. The molecule has 3 rings (SSSR count). The number of amides is 3. The maximum absolute atomic E-state index is 12.9. The van der Waals surface area contributed by atoms with Crippen LogP contribution in [0.5, 0.6) is 0 Å². The molecule has 1 N–H and O–H groups in total. The second-order valence-electron chi connectivity index (χ2n) is 8.07. The fourth-order valence-corrected chi connectivity index (χ4v) is 6.22. The summed E-state index contributed by atoms with van der Waals surface area (Å²) in [4.78, 5) is 27.7. The lowest BCUT2D eigenvalue weighted by Crippen LogP contribution is -2.42. The Labute approximate surface area is 172 Å². The molecule has 2 saturated heterocycles. The largest absolute Gasteiger partial charge is 0.348 e. The third kappa shape index (κ3) is 4.72. The van der Waals surface area contributed by atoms with Crippen LogP contribution in [0.25, 0.3) is 0 Å². The topological polar surface area (TPSA) is 90.0 Å². The highest BCUT2D eigenvalue weighted by Crippen LogP contribution is 2.34. The quantitative estimate of drug-likeness (QED) is 0.784. The van der Waals surface area contributed by atoms with Crippen molar-refractivity contribution < 1.29 is 18.0 Å². The van der Waals surface area contributed by atoms with Gasteiger partial charge >= 0.3 is 6.03 Å². The Kier molecular flexibility index (Phi) is 6.48. The molecule has 0 radical (unpaired) electrons. The molecule has 0 aliphatic carbocycles. The second kappa shape index (κ2) is 8.71. The van der Waals surface area contributed by atoms with Crippen LogP contribution in [0.2, 0.25) is 0 Å². The summed E-state index contributed by atoms with van der Waals surface area (Å²) in [6.07, 6.45) is 1.02. The van der Waals surface area contributed by atoms with Crippen molar-refractivity contribution >= 4 is 22.0 Å². The van der Waals surface area contributed by atoms with Gasteiger partial charge in [0.15, 0.2) is 0 Å². The molecule has 0 spiro atoms. The van der Waals surface area contributed by atoms with Gasteiger partial charge in [-0.25, -0.2) is 13.2 Å². The van der Waals surface area contributed by atoms with Crippen LogP contribution in [0.3, 0.4) is 0 Å². The van der Waals surface area contributed by atoms with Crippen LogP contribution in [0.15, 0.2) is 24.3 Å². The highest BCUT2D eigenvalue weighted by molar-refractivity contribution is 7.90. The van der Waals surface area contributed by atoms with Crippen molar-refractivity contribution in [1.29, 1.82) is 0 Å². The van der Waals surface area contributed by atoms with Crippen LogP contribution < -0.4 is 5.32 Å². The Morgan fingerprint density at radius 2 is 1.86 bits per heavy atom. The molecule has 2 fully saturated rings. The van der Waals surface area contributed by atoms with Gasteiger partial charge in [-0.05, 0) is 36.8 Å². The standard InChI is InChI=1S/C20H30N4O4S/c1-15-6-4-5-7-16(15)12-21-20(26)23-10-8-17-13-24(14-19(25)22(2)3)29(27,28)18(17)9-11-23/h4-7,17-18H,8-14H2,1-3H3,(H,21,26)/t17-,18+/m0/s1. The molecule has 1 aromatic rings. The highest BCUT2D eigenvalue weighted by Gasteiger charge is 2.47. The lowest BCUT2D eigenvalue weighted by atomic mass is 10.0. The first kappa shape index (κ1) is 21.6. The van der Waals surface area contributed by atoms with Gasteiger partial charge in [-0.2, -0.15) is 4.31 Å². The van der Waals surface area contributed by atoms with Crippen LogP contribution in [-0.2, 0) is 21.4 Å². The monoisotopic (exact) mass is 422 g/mol. The summed E-state index contributed by atoms with van der Waals surface area (Å²) >= 11 is 0. The molecular formula is C20H30N4O4S. The van der Waals surface area contributed by atoms with E-state index in [0.717, 1.165) is 11.1 Å². The maximum atomic E-state index is 12.9. The molecule has 0 bridgehead atoms. The van der Waals surface area contributed by atoms with Gasteiger partial charge in [-0.3, -0.25) is 4.79 Å². The van der Waals surface area contributed by atoms with E-state index in [4.69, 9.17) is 0 Å². The number of hydrogen-bond donors (Lipinski definition) is 1. The number of rotatable bonds is 4. The van der Waals surface area contributed by atoms with E-state index in [0.29, 0.717) is 39.0 Å².